The molecular weight excluding hydrogens is 256 g/mol. The lowest BCUT2D eigenvalue weighted by molar-refractivity contribution is 0.0954. The van der Waals surface area contributed by atoms with Crippen LogP contribution in [-0.4, -0.2) is 45.9 Å². The van der Waals surface area contributed by atoms with Crippen molar-refractivity contribution < 1.29 is 14.3 Å². The zero-order chi connectivity index (χ0) is 14.6. The van der Waals surface area contributed by atoms with E-state index in [-0.39, 0.29) is 5.91 Å². The maximum Gasteiger partial charge on any atom is 0.251 e. The van der Waals surface area contributed by atoms with Crippen LogP contribution in [0.15, 0.2) is 24.3 Å². The van der Waals surface area contributed by atoms with E-state index in [0.29, 0.717) is 25.3 Å². The van der Waals surface area contributed by atoms with Crippen LogP contribution in [-0.2, 0) is 4.74 Å². The second-order valence-corrected chi connectivity index (χ2v) is 4.37. The van der Waals surface area contributed by atoms with Crippen molar-refractivity contribution in [3.05, 3.63) is 29.8 Å². The predicted octanol–water partition coefficient (Wildman–Crippen LogP) is 1.44. The van der Waals surface area contributed by atoms with Gasteiger partial charge in [0, 0.05) is 25.8 Å². The SMILES string of the molecule is CCCNCCNC(=O)c1ccc(OCCOC)cc1. The molecule has 0 radical (unpaired) electrons. The highest BCUT2D eigenvalue weighted by Crippen LogP contribution is 2.11. The lowest BCUT2D eigenvalue weighted by Gasteiger charge is -2.08. The summed E-state index contributed by atoms with van der Waals surface area (Å²) >= 11 is 0. The van der Waals surface area contributed by atoms with Gasteiger partial charge < -0.3 is 20.1 Å². The van der Waals surface area contributed by atoms with Crippen LogP contribution in [0, 0.1) is 0 Å². The van der Waals surface area contributed by atoms with Crippen LogP contribution < -0.4 is 15.4 Å². The van der Waals surface area contributed by atoms with E-state index in [1.54, 1.807) is 31.4 Å². The van der Waals surface area contributed by atoms with E-state index in [1.165, 1.54) is 0 Å². The molecular formula is C15H24N2O3. The van der Waals surface area contributed by atoms with Gasteiger partial charge in [0.1, 0.15) is 12.4 Å². The molecule has 112 valence electrons. The quantitative estimate of drug-likeness (QED) is 0.637. The van der Waals surface area contributed by atoms with Crippen molar-refractivity contribution >= 4 is 5.91 Å². The number of carbonyl (C=O) groups excluding carboxylic acids is 1. The maximum absolute atomic E-state index is 11.8. The summed E-state index contributed by atoms with van der Waals surface area (Å²) in [5.41, 5.74) is 0.639. The van der Waals surface area contributed by atoms with Gasteiger partial charge in [0.05, 0.1) is 6.61 Å². The van der Waals surface area contributed by atoms with Gasteiger partial charge in [0.15, 0.2) is 0 Å². The van der Waals surface area contributed by atoms with Crippen molar-refractivity contribution in [2.45, 2.75) is 13.3 Å². The van der Waals surface area contributed by atoms with Crippen molar-refractivity contribution in [1.29, 1.82) is 0 Å². The highest BCUT2D eigenvalue weighted by molar-refractivity contribution is 5.94. The maximum atomic E-state index is 11.8. The van der Waals surface area contributed by atoms with Crippen LogP contribution in [0.1, 0.15) is 23.7 Å². The zero-order valence-electron chi connectivity index (χ0n) is 12.3. The summed E-state index contributed by atoms with van der Waals surface area (Å²) < 4.78 is 10.3. The minimum atomic E-state index is -0.0632. The number of rotatable bonds is 10. The van der Waals surface area contributed by atoms with Crippen LogP contribution in [0.5, 0.6) is 5.75 Å². The van der Waals surface area contributed by atoms with Crippen molar-refractivity contribution in [2.24, 2.45) is 0 Å². The first-order chi connectivity index (χ1) is 9.77. The molecule has 1 aromatic rings. The van der Waals surface area contributed by atoms with Crippen LogP contribution in [0.2, 0.25) is 0 Å². The Labute approximate surface area is 120 Å². The standard InChI is InChI=1S/C15H24N2O3/c1-3-8-16-9-10-17-15(18)13-4-6-14(7-5-13)20-12-11-19-2/h4-7,16H,3,8-12H2,1-2H3,(H,17,18). The van der Waals surface area contributed by atoms with E-state index in [4.69, 9.17) is 9.47 Å². The van der Waals surface area contributed by atoms with Crippen LogP contribution in [0.4, 0.5) is 0 Å². The fourth-order valence-corrected chi connectivity index (χ4v) is 1.61. The third-order valence-electron chi connectivity index (χ3n) is 2.69. The van der Waals surface area contributed by atoms with Crippen LogP contribution in [0.25, 0.3) is 0 Å². The Bertz CT molecular complexity index is 379. The molecule has 20 heavy (non-hydrogen) atoms. The summed E-state index contributed by atoms with van der Waals surface area (Å²) in [5.74, 6) is 0.676. The van der Waals surface area contributed by atoms with E-state index in [2.05, 4.69) is 17.6 Å². The topological polar surface area (TPSA) is 59.6 Å². The minimum absolute atomic E-state index is 0.0632. The first kappa shape index (κ1) is 16.5. The molecule has 0 saturated heterocycles. The van der Waals surface area contributed by atoms with Crippen molar-refractivity contribution in [2.75, 3.05) is 40.0 Å². The number of methoxy groups -OCH3 is 1. The van der Waals surface area contributed by atoms with Crippen molar-refractivity contribution in [3.8, 4) is 5.75 Å². The molecule has 0 spiro atoms. The van der Waals surface area contributed by atoms with E-state index in [1.807, 2.05) is 0 Å². The summed E-state index contributed by atoms with van der Waals surface area (Å²) in [7, 11) is 1.63. The summed E-state index contributed by atoms with van der Waals surface area (Å²) in [6.45, 7) is 5.56. The molecule has 5 heteroatoms. The molecule has 5 nitrogen and oxygen atoms in total. The Morgan fingerprint density at radius 3 is 2.50 bits per heavy atom. The third-order valence-corrected chi connectivity index (χ3v) is 2.69. The average Bonchev–Trinajstić information content (AvgIpc) is 2.48. The number of carbonyl (C=O) groups is 1. The number of nitrogens with one attached hydrogen (secondary N) is 2. The number of hydrogen-bond donors (Lipinski definition) is 2. The Kier molecular flexibility index (Phi) is 8.42. The molecule has 1 rings (SSSR count). The molecule has 0 aliphatic heterocycles. The predicted molar refractivity (Wildman–Crippen MR) is 79.3 cm³/mol. The van der Waals surface area contributed by atoms with Crippen molar-refractivity contribution in [3.63, 3.8) is 0 Å². The second kappa shape index (κ2) is 10.2. The lowest BCUT2D eigenvalue weighted by Crippen LogP contribution is -2.32. The van der Waals surface area contributed by atoms with Gasteiger partial charge in [-0.25, -0.2) is 0 Å². The second-order valence-electron chi connectivity index (χ2n) is 4.37. The molecule has 2 N–H and O–H groups in total. The molecule has 1 aromatic carbocycles. The normalized spacial score (nSPS) is 10.3. The molecule has 0 aliphatic rings. The third kappa shape index (κ3) is 6.54. The first-order valence-electron chi connectivity index (χ1n) is 6.98. The Balaban J connectivity index is 2.30. The molecule has 0 bridgehead atoms. The number of amides is 1. The summed E-state index contributed by atoms with van der Waals surface area (Å²) in [5, 5.41) is 6.10. The van der Waals surface area contributed by atoms with Gasteiger partial charge in [0.2, 0.25) is 0 Å². The van der Waals surface area contributed by atoms with Crippen molar-refractivity contribution in [1.82, 2.24) is 10.6 Å². The number of hydrogen-bond acceptors (Lipinski definition) is 4. The van der Waals surface area contributed by atoms with Gasteiger partial charge in [-0.15, -0.1) is 0 Å². The molecule has 0 aliphatic carbocycles. The lowest BCUT2D eigenvalue weighted by atomic mass is 10.2. The smallest absolute Gasteiger partial charge is 0.251 e. The van der Waals surface area contributed by atoms with Crippen LogP contribution >= 0.6 is 0 Å². The molecule has 0 aromatic heterocycles. The monoisotopic (exact) mass is 280 g/mol. The molecule has 1 amide bonds. The fraction of sp³-hybridized carbons (Fsp3) is 0.533. The Morgan fingerprint density at radius 2 is 1.85 bits per heavy atom. The molecule has 0 saturated carbocycles. The minimum Gasteiger partial charge on any atom is -0.491 e. The average molecular weight is 280 g/mol. The summed E-state index contributed by atoms with van der Waals surface area (Å²) in [6, 6.07) is 7.10. The Morgan fingerprint density at radius 1 is 1.10 bits per heavy atom. The van der Waals surface area contributed by atoms with Gasteiger partial charge in [-0.3, -0.25) is 4.79 Å². The number of benzene rings is 1. The van der Waals surface area contributed by atoms with Gasteiger partial charge in [0.25, 0.3) is 5.91 Å². The van der Waals surface area contributed by atoms with E-state index in [9.17, 15) is 4.79 Å². The summed E-state index contributed by atoms with van der Waals surface area (Å²) in [6.07, 6.45) is 1.10. The molecule has 0 heterocycles. The first-order valence-corrected chi connectivity index (χ1v) is 6.98. The highest BCUT2D eigenvalue weighted by atomic mass is 16.5. The molecule has 0 atom stereocenters. The van der Waals surface area contributed by atoms with E-state index in [0.717, 1.165) is 25.3 Å². The largest absolute Gasteiger partial charge is 0.491 e. The number of ether oxygens (including phenoxy) is 2. The van der Waals surface area contributed by atoms with Crippen LogP contribution in [0.3, 0.4) is 0 Å². The highest BCUT2D eigenvalue weighted by Gasteiger charge is 2.04. The van der Waals surface area contributed by atoms with Gasteiger partial charge in [-0.05, 0) is 37.2 Å². The van der Waals surface area contributed by atoms with Gasteiger partial charge >= 0.3 is 0 Å². The summed E-state index contributed by atoms with van der Waals surface area (Å²) in [4.78, 5) is 11.8. The molecule has 0 unspecified atom stereocenters. The Hall–Kier alpha value is -1.59. The van der Waals surface area contributed by atoms with Gasteiger partial charge in [-0.1, -0.05) is 6.92 Å². The van der Waals surface area contributed by atoms with E-state index < -0.39 is 0 Å². The molecule has 0 fully saturated rings. The zero-order valence-corrected chi connectivity index (χ0v) is 12.3. The van der Waals surface area contributed by atoms with E-state index >= 15 is 0 Å². The fourth-order valence-electron chi connectivity index (χ4n) is 1.61. The van der Waals surface area contributed by atoms with Gasteiger partial charge in [-0.2, -0.15) is 0 Å².